The normalized spacial score (nSPS) is 19.0. The van der Waals surface area contributed by atoms with Crippen LogP contribution in [0.4, 0.5) is 5.69 Å². The zero-order valence-electron chi connectivity index (χ0n) is 13.8. The van der Waals surface area contributed by atoms with E-state index < -0.39 is 0 Å². The van der Waals surface area contributed by atoms with E-state index >= 15 is 0 Å². The predicted molar refractivity (Wildman–Crippen MR) is 105 cm³/mol. The number of benzene rings is 2. The minimum absolute atomic E-state index is 0.0302. The Morgan fingerprint density at radius 3 is 2.72 bits per heavy atom. The van der Waals surface area contributed by atoms with Crippen LogP contribution in [-0.4, -0.2) is 23.1 Å². The lowest BCUT2D eigenvalue weighted by Crippen LogP contribution is -2.42. The van der Waals surface area contributed by atoms with E-state index in [0.29, 0.717) is 4.91 Å². The van der Waals surface area contributed by atoms with Gasteiger partial charge < -0.3 is 5.11 Å². The van der Waals surface area contributed by atoms with E-state index in [1.807, 2.05) is 36.4 Å². The molecule has 2 aromatic carbocycles. The summed E-state index contributed by atoms with van der Waals surface area (Å²) in [7, 11) is 0. The Bertz CT molecular complexity index is 795. The second-order valence-corrected chi connectivity index (χ2v) is 7.18. The highest BCUT2D eigenvalue weighted by atomic mass is 35.5. The van der Waals surface area contributed by atoms with Gasteiger partial charge in [0, 0.05) is 5.69 Å². The molecule has 25 heavy (non-hydrogen) atoms. The number of amides is 1. The monoisotopic (exact) mass is 374 g/mol. The van der Waals surface area contributed by atoms with Crippen molar-refractivity contribution >= 4 is 41.0 Å². The summed E-state index contributed by atoms with van der Waals surface area (Å²) in [5.74, 6) is -0.0170. The van der Waals surface area contributed by atoms with Gasteiger partial charge in [-0.2, -0.15) is 0 Å². The molecule has 1 fully saturated rings. The third-order valence-corrected chi connectivity index (χ3v) is 5.23. The van der Waals surface area contributed by atoms with Gasteiger partial charge in [-0.1, -0.05) is 54.6 Å². The molecule has 1 saturated heterocycles. The Hall–Kier alpha value is -1.95. The summed E-state index contributed by atoms with van der Waals surface area (Å²) in [6.07, 6.45) is 2.79. The summed E-state index contributed by atoms with van der Waals surface area (Å²) < 4.78 is 0. The van der Waals surface area contributed by atoms with Gasteiger partial charge in [0.05, 0.1) is 9.93 Å². The number of phenolic OH excluding ortho intramolecular Hbond substituents is 1. The molecule has 130 valence electrons. The second-order valence-electron chi connectivity index (χ2n) is 5.65. The van der Waals surface area contributed by atoms with Crippen LogP contribution in [0.1, 0.15) is 18.9 Å². The third-order valence-electron chi connectivity index (χ3n) is 3.78. The van der Waals surface area contributed by atoms with Crippen LogP contribution in [0.15, 0.2) is 53.4 Å². The number of nitrogens with zero attached hydrogens (tertiary/aromatic N) is 1. The van der Waals surface area contributed by atoms with E-state index in [2.05, 4.69) is 12.2 Å². The first-order valence-electron chi connectivity index (χ1n) is 8.09. The van der Waals surface area contributed by atoms with Gasteiger partial charge in [-0.15, -0.1) is 0 Å². The number of para-hydroxylation sites is 1. The molecule has 1 heterocycles. The molecule has 0 aliphatic carbocycles. The molecule has 1 atom stereocenters. The average molecular weight is 375 g/mol. The minimum atomic E-state index is -0.145. The van der Waals surface area contributed by atoms with Crippen LogP contribution in [0.25, 0.3) is 6.08 Å². The van der Waals surface area contributed by atoms with E-state index in [4.69, 9.17) is 11.6 Å². The van der Waals surface area contributed by atoms with Crippen LogP contribution >= 0.6 is 23.4 Å². The lowest BCUT2D eigenvalue weighted by atomic mass is 10.2. The number of hydrogen-bond acceptors (Lipinski definition) is 4. The number of carbonyl (C=O) groups excluding carboxylic acids is 1. The van der Waals surface area contributed by atoms with Crippen molar-refractivity contribution < 1.29 is 9.90 Å². The minimum Gasteiger partial charge on any atom is -0.506 e. The van der Waals surface area contributed by atoms with Gasteiger partial charge in [0.25, 0.3) is 5.91 Å². The van der Waals surface area contributed by atoms with Crippen LogP contribution in [0.2, 0.25) is 5.02 Å². The first-order chi connectivity index (χ1) is 12.1. The van der Waals surface area contributed by atoms with Gasteiger partial charge in [0.1, 0.15) is 11.2 Å². The molecule has 1 amide bonds. The molecular formula is C19H19ClN2O2S. The fraction of sp³-hybridized carbons (Fsp3) is 0.211. The van der Waals surface area contributed by atoms with Crippen molar-refractivity contribution in [3.8, 4) is 5.75 Å². The molecule has 3 rings (SSSR count). The van der Waals surface area contributed by atoms with Crippen LogP contribution in [0.5, 0.6) is 5.75 Å². The Morgan fingerprint density at radius 1 is 1.28 bits per heavy atom. The topological polar surface area (TPSA) is 52.6 Å². The van der Waals surface area contributed by atoms with Crippen molar-refractivity contribution in [2.75, 3.05) is 11.4 Å². The van der Waals surface area contributed by atoms with Crippen molar-refractivity contribution in [2.24, 2.45) is 0 Å². The van der Waals surface area contributed by atoms with Crippen LogP contribution < -0.4 is 10.2 Å². The zero-order chi connectivity index (χ0) is 17.8. The van der Waals surface area contributed by atoms with Crippen molar-refractivity contribution in [1.29, 1.82) is 0 Å². The summed E-state index contributed by atoms with van der Waals surface area (Å²) in [5.41, 5.74) is 1.50. The van der Waals surface area contributed by atoms with Gasteiger partial charge in [0.2, 0.25) is 0 Å². The Kier molecular flexibility index (Phi) is 5.68. The maximum absolute atomic E-state index is 13.0. The number of carbonyl (C=O) groups is 1. The first kappa shape index (κ1) is 17.9. The molecule has 0 spiro atoms. The molecular weight excluding hydrogens is 356 g/mol. The molecule has 4 nitrogen and oxygen atoms in total. The lowest BCUT2D eigenvalue weighted by Gasteiger charge is -2.24. The van der Waals surface area contributed by atoms with Gasteiger partial charge in [-0.3, -0.25) is 15.0 Å². The number of rotatable bonds is 5. The largest absolute Gasteiger partial charge is 0.506 e. The zero-order valence-corrected chi connectivity index (χ0v) is 15.3. The molecule has 0 saturated carbocycles. The summed E-state index contributed by atoms with van der Waals surface area (Å²) in [5, 5.41) is 13.2. The number of nitrogens with one attached hydrogen (secondary N) is 1. The Balaban J connectivity index is 1.92. The van der Waals surface area contributed by atoms with Gasteiger partial charge in [-0.25, -0.2) is 0 Å². The third kappa shape index (κ3) is 4.00. The number of halogens is 1. The molecule has 2 aromatic rings. The van der Waals surface area contributed by atoms with E-state index in [0.717, 1.165) is 24.2 Å². The predicted octanol–water partition coefficient (Wildman–Crippen LogP) is 4.45. The van der Waals surface area contributed by atoms with E-state index in [1.165, 1.54) is 17.8 Å². The number of thioether (sulfide) groups is 1. The molecule has 2 N–H and O–H groups in total. The molecule has 1 aliphatic rings. The standard InChI is InChI=1S/C19H19ClN2O2S/c1-2-10-21-19-22(14-6-4-3-5-7-14)18(24)17(25-19)12-13-8-9-16(23)15(20)11-13/h3-9,11-12,19,21,23H,2,10H2,1H3/b17-12-. The summed E-state index contributed by atoms with van der Waals surface area (Å²) >= 11 is 7.45. The molecule has 1 aliphatic heterocycles. The van der Waals surface area contributed by atoms with Crippen molar-refractivity contribution in [2.45, 2.75) is 18.8 Å². The van der Waals surface area contributed by atoms with Gasteiger partial charge in [-0.05, 0) is 48.9 Å². The molecule has 6 heteroatoms. The molecule has 0 bridgehead atoms. The molecule has 0 radical (unpaired) electrons. The highest BCUT2D eigenvalue weighted by molar-refractivity contribution is 8.05. The van der Waals surface area contributed by atoms with E-state index in [-0.39, 0.29) is 22.2 Å². The Labute approximate surface area is 156 Å². The fourth-order valence-electron chi connectivity index (χ4n) is 2.55. The first-order valence-corrected chi connectivity index (χ1v) is 9.34. The van der Waals surface area contributed by atoms with Gasteiger partial charge >= 0.3 is 0 Å². The maximum Gasteiger partial charge on any atom is 0.266 e. The maximum atomic E-state index is 13.0. The van der Waals surface area contributed by atoms with Crippen LogP contribution in [-0.2, 0) is 4.79 Å². The van der Waals surface area contributed by atoms with Crippen LogP contribution in [0, 0.1) is 0 Å². The Morgan fingerprint density at radius 2 is 2.04 bits per heavy atom. The van der Waals surface area contributed by atoms with Gasteiger partial charge in [0.15, 0.2) is 0 Å². The van der Waals surface area contributed by atoms with Crippen molar-refractivity contribution in [1.82, 2.24) is 5.32 Å². The van der Waals surface area contributed by atoms with Crippen LogP contribution in [0.3, 0.4) is 0 Å². The van der Waals surface area contributed by atoms with E-state index in [9.17, 15) is 9.90 Å². The van der Waals surface area contributed by atoms with Crippen molar-refractivity contribution in [3.05, 3.63) is 64.0 Å². The highest BCUT2D eigenvalue weighted by Crippen LogP contribution is 2.38. The average Bonchev–Trinajstić information content (AvgIpc) is 2.92. The molecule has 0 aromatic heterocycles. The van der Waals surface area contributed by atoms with E-state index in [1.54, 1.807) is 17.0 Å². The summed E-state index contributed by atoms with van der Waals surface area (Å²) in [4.78, 5) is 15.4. The van der Waals surface area contributed by atoms with Crippen molar-refractivity contribution in [3.63, 3.8) is 0 Å². The summed E-state index contributed by atoms with van der Waals surface area (Å²) in [6.45, 7) is 2.92. The quantitative estimate of drug-likeness (QED) is 0.759. The lowest BCUT2D eigenvalue weighted by molar-refractivity contribution is -0.114. The second kappa shape index (κ2) is 7.95. The number of aromatic hydroxyl groups is 1. The smallest absolute Gasteiger partial charge is 0.266 e. The molecule has 1 unspecified atom stereocenters. The number of phenols is 1. The highest BCUT2D eigenvalue weighted by Gasteiger charge is 2.36. The SMILES string of the molecule is CCCNC1S/C(=C\c2ccc(O)c(Cl)c2)C(=O)N1c1ccccc1. The summed E-state index contributed by atoms with van der Waals surface area (Å²) in [6, 6.07) is 14.6. The fourth-order valence-corrected chi connectivity index (χ4v) is 3.91. The number of anilines is 1. The number of hydrogen-bond donors (Lipinski definition) is 2.